The Morgan fingerprint density at radius 2 is 1.63 bits per heavy atom. The summed E-state index contributed by atoms with van der Waals surface area (Å²) < 4.78 is 18.2. The third-order valence-corrected chi connectivity index (χ3v) is 8.21. The minimum Gasteiger partial charge on any atom is -0.491 e. The Bertz CT molecular complexity index is 1550. The van der Waals surface area contributed by atoms with Crippen molar-refractivity contribution in [3.63, 3.8) is 0 Å². The standard InChI is InChI=1S/C33H32Cl2N4O4/c1-33(29-14-5-23(34)20-30(29)35)42-22-28(43-33)21-41-27-12-10-26(11-13-27)39-18-16-38(17-19-39)25-8-6-24(7-9-25)37-32(40)31-4-2-3-15-36-31/h2-15,20,28H,16-19,21-22H2,1H3,(H,37,40)/t28-,33+/m1/s1. The minimum atomic E-state index is -0.945. The summed E-state index contributed by atoms with van der Waals surface area (Å²) in [4.78, 5) is 21.2. The fourth-order valence-corrected chi connectivity index (χ4v) is 5.91. The largest absolute Gasteiger partial charge is 0.491 e. The van der Waals surface area contributed by atoms with Gasteiger partial charge in [0.1, 0.15) is 24.2 Å². The first-order valence-corrected chi connectivity index (χ1v) is 14.9. The maximum atomic E-state index is 12.4. The zero-order chi connectivity index (χ0) is 29.8. The molecule has 3 heterocycles. The molecule has 10 heteroatoms. The lowest BCUT2D eigenvalue weighted by atomic mass is 10.1. The van der Waals surface area contributed by atoms with Gasteiger partial charge in [0.05, 0.1) is 11.6 Å². The van der Waals surface area contributed by atoms with Gasteiger partial charge in [-0.2, -0.15) is 0 Å². The number of aromatic nitrogens is 1. The van der Waals surface area contributed by atoms with Crippen LogP contribution < -0.4 is 19.9 Å². The summed E-state index contributed by atoms with van der Waals surface area (Å²) in [5, 5.41) is 3.97. The highest BCUT2D eigenvalue weighted by Crippen LogP contribution is 2.38. The molecule has 0 aliphatic carbocycles. The first-order valence-electron chi connectivity index (χ1n) is 14.2. The Morgan fingerprint density at radius 3 is 2.26 bits per heavy atom. The lowest BCUT2D eigenvalue weighted by Gasteiger charge is -2.37. The van der Waals surface area contributed by atoms with Crippen LogP contribution >= 0.6 is 23.2 Å². The SMILES string of the molecule is C[C@]1(c2ccc(Cl)cc2Cl)OC[C@@H](COc2ccc(N3CCN(c4ccc(NC(=O)c5ccccn5)cc4)CC3)cc2)O1. The van der Waals surface area contributed by atoms with E-state index in [-0.39, 0.29) is 12.0 Å². The van der Waals surface area contributed by atoms with E-state index in [1.54, 1.807) is 36.5 Å². The van der Waals surface area contributed by atoms with Crippen LogP contribution in [0.4, 0.5) is 17.1 Å². The number of hydrogen-bond donors (Lipinski definition) is 1. The predicted octanol–water partition coefficient (Wildman–Crippen LogP) is 6.63. The van der Waals surface area contributed by atoms with Gasteiger partial charge in [0, 0.05) is 60.0 Å². The molecule has 43 heavy (non-hydrogen) atoms. The highest BCUT2D eigenvalue weighted by atomic mass is 35.5. The van der Waals surface area contributed by atoms with Gasteiger partial charge >= 0.3 is 0 Å². The first kappa shape index (κ1) is 29.3. The van der Waals surface area contributed by atoms with Crippen molar-refractivity contribution in [3.8, 4) is 5.75 Å². The number of pyridine rings is 1. The number of nitrogens with zero attached hydrogens (tertiary/aromatic N) is 3. The second-order valence-corrected chi connectivity index (χ2v) is 11.5. The minimum absolute atomic E-state index is 0.221. The molecule has 1 aromatic heterocycles. The number of nitrogens with one attached hydrogen (secondary N) is 1. The van der Waals surface area contributed by atoms with E-state index in [4.69, 9.17) is 37.4 Å². The van der Waals surface area contributed by atoms with Gasteiger partial charge in [0.15, 0.2) is 5.79 Å². The van der Waals surface area contributed by atoms with E-state index in [1.165, 1.54) is 0 Å². The molecule has 3 aromatic carbocycles. The van der Waals surface area contributed by atoms with Crippen LogP contribution in [0.15, 0.2) is 91.1 Å². The second kappa shape index (κ2) is 12.8. The molecule has 0 unspecified atom stereocenters. The normalized spacial score (nSPS) is 20.2. The number of hydrogen-bond acceptors (Lipinski definition) is 7. The van der Waals surface area contributed by atoms with E-state index in [9.17, 15) is 4.79 Å². The molecule has 2 aliphatic rings. The summed E-state index contributed by atoms with van der Waals surface area (Å²) in [5.41, 5.74) is 4.17. The molecule has 1 amide bonds. The first-order chi connectivity index (χ1) is 20.9. The quantitative estimate of drug-likeness (QED) is 0.237. The molecule has 1 N–H and O–H groups in total. The third kappa shape index (κ3) is 6.89. The van der Waals surface area contributed by atoms with Crippen molar-refractivity contribution in [1.29, 1.82) is 0 Å². The molecule has 222 valence electrons. The molecule has 4 aromatic rings. The highest BCUT2D eigenvalue weighted by Gasteiger charge is 2.40. The molecule has 6 rings (SSSR count). The number of rotatable bonds is 8. The van der Waals surface area contributed by atoms with Crippen molar-refractivity contribution in [2.75, 3.05) is 54.5 Å². The van der Waals surface area contributed by atoms with Crippen LogP contribution in [0.2, 0.25) is 10.0 Å². The van der Waals surface area contributed by atoms with Crippen LogP contribution in [0.1, 0.15) is 23.0 Å². The van der Waals surface area contributed by atoms with E-state index in [2.05, 4.69) is 32.2 Å². The smallest absolute Gasteiger partial charge is 0.274 e. The fraction of sp³-hybridized carbons (Fsp3) is 0.273. The van der Waals surface area contributed by atoms with Gasteiger partial charge in [-0.25, -0.2) is 0 Å². The molecule has 2 aliphatic heterocycles. The summed E-state index contributed by atoms with van der Waals surface area (Å²) in [6.07, 6.45) is 1.38. The lowest BCUT2D eigenvalue weighted by Crippen LogP contribution is -2.46. The number of anilines is 3. The number of carbonyl (C=O) groups excluding carboxylic acids is 1. The van der Waals surface area contributed by atoms with Crippen LogP contribution in [0.3, 0.4) is 0 Å². The summed E-state index contributed by atoms with van der Waals surface area (Å²) in [7, 11) is 0. The summed E-state index contributed by atoms with van der Waals surface area (Å²) in [6, 6.07) is 26.7. The molecule has 0 saturated carbocycles. The third-order valence-electron chi connectivity index (χ3n) is 7.66. The lowest BCUT2D eigenvalue weighted by molar-refractivity contribution is -0.164. The van der Waals surface area contributed by atoms with Crippen molar-refractivity contribution in [1.82, 2.24) is 4.98 Å². The maximum absolute atomic E-state index is 12.4. The summed E-state index contributed by atoms with van der Waals surface area (Å²) >= 11 is 12.4. The van der Waals surface area contributed by atoms with E-state index in [0.29, 0.717) is 29.0 Å². The monoisotopic (exact) mass is 618 g/mol. The van der Waals surface area contributed by atoms with E-state index in [0.717, 1.165) is 54.6 Å². The number of ether oxygens (including phenoxy) is 3. The van der Waals surface area contributed by atoms with Crippen LogP contribution in [0, 0.1) is 0 Å². The molecular weight excluding hydrogens is 587 g/mol. The Labute approximate surface area is 261 Å². The number of piperazine rings is 1. The zero-order valence-corrected chi connectivity index (χ0v) is 25.2. The molecule has 0 radical (unpaired) electrons. The summed E-state index contributed by atoms with van der Waals surface area (Å²) in [6.45, 7) is 6.22. The molecular formula is C33H32Cl2N4O4. The molecule has 0 spiro atoms. The predicted molar refractivity (Wildman–Crippen MR) is 170 cm³/mol. The van der Waals surface area contributed by atoms with Crippen molar-refractivity contribution >= 4 is 46.2 Å². The second-order valence-electron chi connectivity index (χ2n) is 10.6. The van der Waals surface area contributed by atoms with Crippen LogP contribution in [-0.4, -0.2) is 56.4 Å². The van der Waals surface area contributed by atoms with Crippen molar-refractivity contribution < 1.29 is 19.0 Å². The zero-order valence-electron chi connectivity index (χ0n) is 23.7. The molecule has 0 bridgehead atoms. The Kier molecular flexibility index (Phi) is 8.72. The van der Waals surface area contributed by atoms with Crippen LogP contribution in [0.5, 0.6) is 5.75 Å². The van der Waals surface area contributed by atoms with Gasteiger partial charge in [0.25, 0.3) is 5.91 Å². The van der Waals surface area contributed by atoms with Gasteiger partial charge in [-0.3, -0.25) is 9.78 Å². The maximum Gasteiger partial charge on any atom is 0.274 e. The van der Waals surface area contributed by atoms with Gasteiger partial charge in [-0.05, 0) is 79.7 Å². The Hall–Kier alpha value is -3.82. The van der Waals surface area contributed by atoms with Crippen LogP contribution in [0.25, 0.3) is 0 Å². The Balaban J connectivity index is 0.964. The number of amides is 1. The summed E-state index contributed by atoms with van der Waals surface area (Å²) in [5.74, 6) is -0.388. The molecule has 2 fully saturated rings. The fourth-order valence-electron chi connectivity index (χ4n) is 5.33. The van der Waals surface area contributed by atoms with Gasteiger partial charge in [-0.1, -0.05) is 35.3 Å². The number of halogens is 2. The molecule has 2 atom stereocenters. The topological polar surface area (TPSA) is 76.2 Å². The van der Waals surface area contributed by atoms with E-state index < -0.39 is 5.79 Å². The highest BCUT2D eigenvalue weighted by molar-refractivity contribution is 6.35. The number of benzene rings is 3. The van der Waals surface area contributed by atoms with Crippen molar-refractivity contribution in [2.45, 2.75) is 18.8 Å². The van der Waals surface area contributed by atoms with Crippen LogP contribution in [-0.2, 0) is 15.3 Å². The van der Waals surface area contributed by atoms with Crippen molar-refractivity contribution in [2.24, 2.45) is 0 Å². The Morgan fingerprint density at radius 1 is 0.953 bits per heavy atom. The van der Waals surface area contributed by atoms with Gasteiger partial charge in [0.2, 0.25) is 0 Å². The number of carbonyl (C=O) groups is 1. The average molecular weight is 620 g/mol. The van der Waals surface area contributed by atoms with E-state index in [1.807, 2.05) is 49.4 Å². The van der Waals surface area contributed by atoms with Gasteiger partial charge < -0.3 is 29.3 Å². The molecule has 8 nitrogen and oxygen atoms in total. The van der Waals surface area contributed by atoms with E-state index >= 15 is 0 Å². The molecule has 2 saturated heterocycles. The van der Waals surface area contributed by atoms with Gasteiger partial charge in [-0.15, -0.1) is 0 Å². The van der Waals surface area contributed by atoms with Crippen molar-refractivity contribution in [3.05, 3.63) is 112 Å². The average Bonchev–Trinajstić information content (AvgIpc) is 3.42.